The van der Waals surface area contributed by atoms with Gasteiger partial charge < -0.3 is 0 Å². The summed E-state index contributed by atoms with van der Waals surface area (Å²) in [7, 11) is 0. The van der Waals surface area contributed by atoms with Gasteiger partial charge in [-0.15, -0.1) is 0 Å². The molecule has 28 heavy (non-hydrogen) atoms. The Labute approximate surface area is 172 Å². The van der Waals surface area contributed by atoms with E-state index in [2.05, 4.69) is 42.6 Å². The number of fused-ring (bicyclic) bond motifs is 3. The number of halogens is 1. The number of ketones is 1. The minimum atomic E-state index is -0.201. The van der Waals surface area contributed by atoms with Crippen LogP contribution in [0.15, 0.2) is 58.3 Å². The molecule has 0 saturated heterocycles. The molecule has 1 aliphatic rings. The molecule has 0 bridgehead atoms. The molecular weight excluding hydrogens is 416 g/mol. The number of carbonyl (C=O) groups excluding carboxylic acids is 1. The third kappa shape index (κ3) is 3.44. The van der Waals surface area contributed by atoms with E-state index in [1.54, 1.807) is 6.20 Å². The van der Waals surface area contributed by atoms with Crippen LogP contribution < -0.4 is 0 Å². The monoisotopic (exact) mass is 436 g/mol. The van der Waals surface area contributed by atoms with Crippen molar-refractivity contribution in [1.82, 2.24) is 14.5 Å². The average molecular weight is 437 g/mol. The Morgan fingerprint density at radius 2 is 2.07 bits per heavy atom. The lowest BCUT2D eigenvalue weighted by Crippen LogP contribution is -2.09. The van der Waals surface area contributed by atoms with Crippen LogP contribution in [0.3, 0.4) is 0 Å². The number of nitrogens with zero attached hydrogens (tertiary/aromatic N) is 4. The topological polar surface area (TPSA) is 60.1 Å². The number of pyridine rings is 1. The maximum Gasteiger partial charge on any atom is 0.138 e. The molecule has 0 amide bonds. The molecule has 3 heterocycles. The fourth-order valence-electron chi connectivity index (χ4n) is 3.56. The number of rotatable bonds is 5. The number of aromatic nitrogens is 3. The van der Waals surface area contributed by atoms with Crippen molar-refractivity contribution < 1.29 is 4.79 Å². The first-order valence-electron chi connectivity index (χ1n) is 9.44. The van der Waals surface area contributed by atoms with E-state index in [0.717, 1.165) is 38.6 Å². The predicted molar refractivity (Wildman–Crippen MR) is 113 cm³/mol. The molecule has 0 fully saturated rings. The van der Waals surface area contributed by atoms with Crippen LogP contribution in [0.4, 0.5) is 0 Å². The number of Topliss-reactive ketones (excluding diaryl/α,β-unsaturated/α-hetero) is 1. The molecular formula is C22H21BrN4O. The van der Waals surface area contributed by atoms with E-state index in [1.807, 2.05) is 44.3 Å². The van der Waals surface area contributed by atoms with Crippen molar-refractivity contribution in [2.75, 3.05) is 0 Å². The van der Waals surface area contributed by atoms with Gasteiger partial charge in [-0.25, -0.2) is 4.98 Å². The Morgan fingerprint density at radius 3 is 2.82 bits per heavy atom. The Bertz CT molecular complexity index is 1060. The summed E-state index contributed by atoms with van der Waals surface area (Å²) in [5.41, 5.74) is 4.72. The number of aliphatic imine (C=N–C) groups is 1. The van der Waals surface area contributed by atoms with Gasteiger partial charge in [-0.05, 0) is 43.7 Å². The molecule has 0 unspecified atom stereocenters. The van der Waals surface area contributed by atoms with Crippen LogP contribution in [0.5, 0.6) is 0 Å². The summed E-state index contributed by atoms with van der Waals surface area (Å²) >= 11 is 3.59. The van der Waals surface area contributed by atoms with Crippen molar-refractivity contribution >= 4 is 27.4 Å². The van der Waals surface area contributed by atoms with Crippen LogP contribution in [-0.4, -0.2) is 26.0 Å². The van der Waals surface area contributed by atoms with Gasteiger partial charge >= 0.3 is 0 Å². The quantitative estimate of drug-likeness (QED) is 0.565. The number of hydrogen-bond donors (Lipinski definition) is 0. The van der Waals surface area contributed by atoms with E-state index >= 15 is 0 Å². The standard InChI is InChI=1S/C22H21BrN4O/c1-3-16(28)8-9-19-22-25-13-14(2)27(22)20-10-7-15(23)12-17(20)21(26-19)18-6-4-5-11-24-18/h4-7,10-13,19H,3,8-9H2,1-2H3/t19-/m0/s1. The highest BCUT2D eigenvalue weighted by atomic mass is 79.9. The van der Waals surface area contributed by atoms with Crippen molar-refractivity contribution in [2.24, 2.45) is 4.99 Å². The van der Waals surface area contributed by atoms with Crippen LogP contribution >= 0.6 is 15.9 Å². The number of benzene rings is 1. The SMILES string of the molecule is CCC(=O)CC[C@@H]1N=C(c2ccccn2)c2cc(Br)ccc2-n2c(C)cnc21. The summed E-state index contributed by atoms with van der Waals surface area (Å²) in [6.07, 6.45) is 5.32. The maximum atomic E-state index is 12.0. The van der Waals surface area contributed by atoms with Gasteiger partial charge in [-0.2, -0.15) is 0 Å². The van der Waals surface area contributed by atoms with E-state index in [-0.39, 0.29) is 11.8 Å². The van der Waals surface area contributed by atoms with E-state index in [4.69, 9.17) is 4.99 Å². The smallest absolute Gasteiger partial charge is 0.138 e. The van der Waals surface area contributed by atoms with E-state index < -0.39 is 0 Å². The lowest BCUT2D eigenvalue weighted by atomic mass is 10.0. The number of hydrogen-bond acceptors (Lipinski definition) is 4. The second-order valence-electron chi connectivity index (χ2n) is 6.89. The van der Waals surface area contributed by atoms with E-state index in [9.17, 15) is 4.79 Å². The molecule has 3 aromatic rings. The van der Waals surface area contributed by atoms with Crippen LogP contribution in [0.1, 0.15) is 55.0 Å². The third-order valence-corrected chi connectivity index (χ3v) is 5.49. The molecule has 1 atom stereocenters. The number of carbonyl (C=O) groups is 1. The van der Waals surface area contributed by atoms with Gasteiger partial charge in [0.2, 0.25) is 0 Å². The van der Waals surface area contributed by atoms with Gasteiger partial charge in [0, 0.05) is 41.0 Å². The van der Waals surface area contributed by atoms with Crippen LogP contribution in [-0.2, 0) is 4.79 Å². The third-order valence-electron chi connectivity index (χ3n) is 5.00. The second-order valence-corrected chi connectivity index (χ2v) is 7.81. The highest BCUT2D eigenvalue weighted by molar-refractivity contribution is 9.10. The molecule has 0 aliphatic carbocycles. The molecule has 4 rings (SSSR count). The normalized spacial score (nSPS) is 15.4. The van der Waals surface area contributed by atoms with Crippen LogP contribution in [0.25, 0.3) is 5.69 Å². The summed E-state index contributed by atoms with van der Waals surface area (Å²) in [6, 6.07) is 11.8. The number of imidazole rings is 1. The minimum Gasteiger partial charge on any atom is -0.300 e. The molecule has 5 nitrogen and oxygen atoms in total. The highest BCUT2D eigenvalue weighted by Crippen LogP contribution is 2.34. The molecule has 1 aliphatic heterocycles. The molecule has 6 heteroatoms. The fraction of sp³-hybridized carbons (Fsp3) is 0.273. The Balaban J connectivity index is 1.93. The first kappa shape index (κ1) is 18.7. The average Bonchev–Trinajstić information content (AvgIpc) is 3.03. The zero-order valence-electron chi connectivity index (χ0n) is 15.9. The largest absolute Gasteiger partial charge is 0.300 e. The van der Waals surface area contributed by atoms with Crippen molar-refractivity contribution in [1.29, 1.82) is 0 Å². The van der Waals surface area contributed by atoms with E-state index in [1.165, 1.54) is 0 Å². The Morgan fingerprint density at radius 1 is 1.21 bits per heavy atom. The van der Waals surface area contributed by atoms with Crippen molar-refractivity contribution in [2.45, 2.75) is 39.2 Å². The lowest BCUT2D eigenvalue weighted by Gasteiger charge is -2.14. The van der Waals surface area contributed by atoms with Gasteiger partial charge in [-0.3, -0.25) is 19.3 Å². The molecule has 0 spiro atoms. The summed E-state index contributed by atoms with van der Waals surface area (Å²) in [5.74, 6) is 1.12. The number of aryl methyl sites for hydroxylation is 1. The summed E-state index contributed by atoms with van der Waals surface area (Å²) in [6.45, 7) is 3.94. The highest BCUT2D eigenvalue weighted by Gasteiger charge is 2.27. The van der Waals surface area contributed by atoms with Crippen LogP contribution in [0.2, 0.25) is 0 Å². The first-order valence-corrected chi connectivity index (χ1v) is 10.2. The van der Waals surface area contributed by atoms with Gasteiger partial charge in [0.05, 0.1) is 17.1 Å². The van der Waals surface area contributed by atoms with Crippen molar-refractivity contribution in [3.8, 4) is 5.69 Å². The van der Waals surface area contributed by atoms with Gasteiger partial charge in [0.15, 0.2) is 0 Å². The molecule has 2 aromatic heterocycles. The summed E-state index contributed by atoms with van der Waals surface area (Å²) in [4.78, 5) is 26.3. The summed E-state index contributed by atoms with van der Waals surface area (Å²) in [5, 5.41) is 0. The first-order chi connectivity index (χ1) is 13.6. The minimum absolute atomic E-state index is 0.201. The van der Waals surface area contributed by atoms with Gasteiger partial charge in [0.1, 0.15) is 17.6 Å². The molecule has 1 aromatic carbocycles. The molecule has 0 N–H and O–H groups in total. The van der Waals surface area contributed by atoms with Crippen molar-refractivity contribution in [3.05, 3.63) is 76.0 Å². The predicted octanol–water partition coefficient (Wildman–Crippen LogP) is 4.99. The van der Waals surface area contributed by atoms with Gasteiger partial charge in [-0.1, -0.05) is 28.9 Å². The van der Waals surface area contributed by atoms with Crippen LogP contribution in [0, 0.1) is 6.92 Å². The lowest BCUT2D eigenvalue weighted by molar-refractivity contribution is -0.118. The zero-order valence-corrected chi connectivity index (χ0v) is 17.5. The maximum absolute atomic E-state index is 12.0. The molecule has 0 saturated carbocycles. The van der Waals surface area contributed by atoms with E-state index in [0.29, 0.717) is 19.3 Å². The Hall–Kier alpha value is -2.60. The molecule has 142 valence electrons. The molecule has 0 radical (unpaired) electrons. The fourth-order valence-corrected chi connectivity index (χ4v) is 3.92. The second kappa shape index (κ2) is 7.80. The van der Waals surface area contributed by atoms with Crippen molar-refractivity contribution in [3.63, 3.8) is 0 Å². The zero-order chi connectivity index (χ0) is 19.7. The Kier molecular flexibility index (Phi) is 5.22. The van der Waals surface area contributed by atoms with Gasteiger partial charge in [0.25, 0.3) is 0 Å². The summed E-state index contributed by atoms with van der Waals surface area (Å²) < 4.78 is 3.14.